The molecule has 2 aliphatic rings. The summed E-state index contributed by atoms with van der Waals surface area (Å²) < 4.78 is 16.4. The molecule has 2 unspecified atom stereocenters. The van der Waals surface area contributed by atoms with E-state index in [1.165, 1.54) is 0 Å². The summed E-state index contributed by atoms with van der Waals surface area (Å²) in [4.78, 5) is 18.8. The summed E-state index contributed by atoms with van der Waals surface area (Å²) in [5, 5.41) is 11.3. The molecule has 0 aliphatic carbocycles. The van der Waals surface area contributed by atoms with E-state index in [2.05, 4.69) is 16.8 Å². The summed E-state index contributed by atoms with van der Waals surface area (Å²) in [6.07, 6.45) is 2.04. The number of allylic oxidation sites excluding steroid dienone is 1. The van der Waals surface area contributed by atoms with Crippen LogP contribution in [-0.4, -0.2) is 54.3 Å². The number of carbonyl (C=O) groups is 1. The van der Waals surface area contributed by atoms with Gasteiger partial charge in [-0.1, -0.05) is 18.7 Å². The van der Waals surface area contributed by atoms with E-state index in [4.69, 9.17) is 14.2 Å². The number of hydrogen-bond donors (Lipinski definition) is 1. The minimum atomic E-state index is -0.971. The van der Waals surface area contributed by atoms with Gasteiger partial charge in [0.15, 0.2) is 16.7 Å². The van der Waals surface area contributed by atoms with E-state index >= 15 is 0 Å². The van der Waals surface area contributed by atoms with Crippen molar-refractivity contribution in [1.82, 2.24) is 4.90 Å². The SMILES string of the molecule is CCC1CCN2C(=NC(C)=C(C(=O)O)C2c2cc(OC)c(OC)c(OC)c2)S1. The van der Waals surface area contributed by atoms with Gasteiger partial charge >= 0.3 is 5.97 Å². The van der Waals surface area contributed by atoms with Crippen LogP contribution < -0.4 is 14.2 Å². The highest BCUT2D eigenvalue weighted by molar-refractivity contribution is 8.14. The Bertz CT molecular complexity index is 811. The Hall–Kier alpha value is -2.35. The smallest absolute Gasteiger partial charge is 0.335 e. The maximum atomic E-state index is 12.1. The van der Waals surface area contributed by atoms with Crippen molar-refractivity contribution in [2.24, 2.45) is 4.99 Å². The van der Waals surface area contributed by atoms with E-state index in [0.717, 1.165) is 30.1 Å². The molecular weight excluding hydrogens is 380 g/mol. The molecule has 0 spiro atoms. The standard InChI is InChI=1S/C20H26N2O5S/c1-6-13-7-8-22-17(16(19(23)24)11(2)21-20(22)28-13)12-9-14(25-3)18(27-5)15(10-12)26-4/h9-10,13,17H,6-8H2,1-5H3,(H,23,24). The van der Waals surface area contributed by atoms with Crippen LogP contribution in [0.15, 0.2) is 28.4 Å². The van der Waals surface area contributed by atoms with E-state index in [1.807, 2.05) is 12.1 Å². The van der Waals surface area contributed by atoms with Crippen LogP contribution in [0.2, 0.25) is 0 Å². The Kier molecular flexibility index (Phi) is 6.07. The molecule has 7 nitrogen and oxygen atoms in total. The van der Waals surface area contributed by atoms with Crippen LogP contribution in [0.4, 0.5) is 0 Å². The fourth-order valence-electron chi connectivity index (χ4n) is 3.71. The lowest BCUT2D eigenvalue weighted by molar-refractivity contribution is -0.133. The monoisotopic (exact) mass is 406 g/mol. The molecule has 3 rings (SSSR count). The summed E-state index contributed by atoms with van der Waals surface area (Å²) in [6, 6.07) is 3.17. The van der Waals surface area contributed by atoms with Crippen molar-refractivity contribution in [2.75, 3.05) is 27.9 Å². The second-order valence-electron chi connectivity index (χ2n) is 6.69. The number of methoxy groups -OCH3 is 3. The van der Waals surface area contributed by atoms with Gasteiger partial charge in [0.2, 0.25) is 5.75 Å². The number of aliphatic carboxylic acids is 1. The van der Waals surface area contributed by atoms with Crippen molar-refractivity contribution in [3.05, 3.63) is 29.0 Å². The Labute approximate surface area is 169 Å². The molecule has 1 N–H and O–H groups in total. The summed E-state index contributed by atoms with van der Waals surface area (Å²) in [5.74, 6) is 0.510. The summed E-state index contributed by atoms with van der Waals surface area (Å²) >= 11 is 1.72. The molecule has 0 aromatic heterocycles. The first-order valence-electron chi connectivity index (χ1n) is 9.21. The number of nitrogens with zero attached hydrogens (tertiary/aromatic N) is 2. The number of aliphatic imine (C=N–C) groups is 1. The molecule has 0 radical (unpaired) electrons. The molecule has 28 heavy (non-hydrogen) atoms. The van der Waals surface area contributed by atoms with Crippen LogP contribution in [0.3, 0.4) is 0 Å². The molecule has 152 valence electrons. The Morgan fingerprint density at radius 1 is 1.25 bits per heavy atom. The van der Waals surface area contributed by atoms with Crippen molar-refractivity contribution in [1.29, 1.82) is 0 Å². The van der Waals surface area contributed by atoms with Gasteiger partial charge in [0.05, 0.1) is 38.6 Å². The zero-order chi connectivity index (χ0) is 20.4. The second kappa shape index (κ2) is 8.34. The molecule has 2 heterocycles. The van der Waals surface area contributed by atoms with Gasteiger partial charge in [-0.2, -0.15) is 0 Å². The highest BCUT2D eigenvalue weighted by Crippen LogP contribution is 2.46. The van der Waals surface area contributed by atoms with Crippen molar-refractivity contribution < 1.29 is 24.1 Å². The maximum absolute atomic E-state index is 12.1. The minimum absolute atomic E-state index is 0.272. The van der Waals surface area contributed by atoms with Gasteiger partial charge in [0.1, 0.15) is 0 Å². The van der Waals surface area contributed by atoms with Gasteiger partial charge in [-0.05, 0) is 37.5 Å². The first kappa shape index (κ1) is 20.4. The van der Waals surface area contributed by atoms with Gasteiger partial charge in [0, 0.05) is 11.8 Å². The normalized spacial score (nSPS) is 21.8. The Morgan fingerprint density at radius 3 is 2.39 bits per heavy atom. The molecular formula is C20H26N2O5S. The fraction of sp³-hybridized carbons (Fsp3) is 0.500. The number of ether oxygens (including phenoxy) is 3. The van der Waals surface area contributed by atoms with Crippen molar-refractivity contribution >= 4 is 22.9 Å². The number of fused-ring (bicyclic) bond motifs is 1. The predicted octanol–water partition coefficient (Wildman–Crippen LogP) is 3.70. The van der Waals surface area contributed by atoms with Crippen molar-refractivity contribution in [3.63, 3.8) is 0 Å². The van der Waals surface area contributed by atoms with Crippen LogP contribution in [0.1, 0.15) is 38.3 Å². The first-order chi connectivity index (χ1) is 13.4. The average molecular weight is 407 g/mol. The van der Waals surface area contributed by atoms with Crippen molar-refractivity contribution in [3.8, 4) is 17.2 Å². The van der Waals surface area contributed by atoms with Crippen molar-refractivity contribution in [2.45, 2.75) is 38.0 Å². The van der Waals surface area contributed by atoms with E-state index in [1.54, 1.807) is 40.0 Å². The molecule has 1 aromatic rings. The zero-order valence-corrected chi connectivity index (χ0v) is 17.6. The average Bonchev–Trinajstić information content (AvgIpc) is 2.70. The fourth-order valence-corrected chi connectivity index (χ4v) is 4.92. The van der Waals surface area contributed by atoms with E-state index in [9.17, 15) is 9.90 Å². The summed E-state index contributed by atoms with van der Waals surface area (Å²) in [7, 11) is 4.65. The quantitative estimate of drug-likeness (QED) is 0.771. The van der Waals surface area contributed by atoms with Gasteiger partial charge < -0.3 is 24.2 Å². The third-order valence-corrected chi connectivity index (χ3v) is 6.58. The maximum Gasteiger partial charge on any atom is 0.335 e. The lowest BCUT2D eigenvalue weighted by atomic mass is 9.93. The molecule has 0 saturated carbocycles. The van der Waals surface area contributed by atoms with Gasteiger partial charge in [-0.25, -0.2) is 9.79 Å². The van der Waals surface area contributed by atoms with E-state index < -0.39 is 12.0 Å². The van der Waals surface area contributed by atoms with Crippen LogP contribution in [0.5, 0.6) is 17.2 Å². The molecule has 0 amide bonds. The van der Waals surface area contributed by atoms with Crippen LogP contribution >= 0.6 is 11.8 Å². The second-order valence-corrected chi connectivity index (χ2v) is 7.96. The van der Waals surface area contributed by atoms with E-state index in [0.29, 0.717) is 28.2 Å². The van der Waals surface area contributed by atoms with Crippen LogP contribution in [0, 0.1) is 0 Å². The number of amidine groups is 1. The Morgan fingerprint density at radius 2 is 1.89 bits per heavy atom. The van der Waals surface area contributed by atoms with Gasteiger partial charge in [-0.3, -0.25) is 0 Å². The summed E-state index contributed by atoms with van der Waals surface area (Å²) in [6.45, 7) is 4.67. The van der Waals surface area contributed by atoms with Crippen LogP contribution in [-0.2, 0) is 4.79 Å². The van der Waals surface area contributed by atoms with Crippen LogP contribution in [0.25, 0.3) is 0 Å². The lowest BCUT2D eigenvalue weighted by Crippen LogP contribution is -2.43. The third kappa shape index (κ3) is 3.53. The number of hydrogen-bond acceptors (Lipinski definition) is 7. The highest BCUT2D eigenvalue weighted by Gasteiger charge is 2.39. The number of carboxylic acid groups (broad SMARTS) is 1. The number of carboxylic acids is 1. The molecule has 1 aromatic carbocycles. The molecule has 1 fully saturated rings. The number of thioether (sulfide) groups is 1. The molecule has 8 heteroatoms. The molecule has 2 aliphatic heterocycles. The number of benzene rings is 1. The van der Waals surface area contributed by atoms with E-state index in [-0.39, 0.29) is 5.57 Å². The zero-order valence-electron chi connectivity index (χ0n) is 16.8. The predicted molar refractivity (Wildman–Crippen MR) is 110 cm³/mol. The lowest BCUT2D eigenvalue weighted by Gasteiger charge is -2.42. The van der Waals surface area contributed by atoms with Gasteiger partial charge in [-0.15, -0.1) is 0 Å². The molecule has 2 atom stereocenters. The number of rotatable bonds is 6. The summed E-state index contributed by atoms with van der Waals surface area (Å²) in [5.41, 5.74) is 1.57. The molecule has 1 saturated heterocycles. The molecule has 0 bridgehead atoms. The third-order valence-electron chi connectivity index (χ3n) is 5.14. The largest absolute Gasteiger partial charge is 0.493 e. The van der Waals surface area contributed by atoms with Gasteiger partial charge in [0.25, 0.3) is 0 Å². The first-order valence-corrected chi connectivity index (χ1v) is 10.1. The highest BCUT2D eigenvalue weighted by atomic mass is 32.2. The Balaban J connectivity index is 2.16. The minimum Gasteiger partial charge on any atom is -0.493 e. The topological polar surface area (TPSA) is 80.6 Å².